The van der Waals surface area contributed by atoms with E-state index in [4.69, 9.17) is 24.2 Å². The van der Waals surface area contributed by atoms with Gasteiger partial charge in [-0.15, -0.1) is 0 Å². The van der Waals surface area contributed by atoms with Crippen molar-refractivity contribution in [3.8, 4) is 0 Å². The molecule has 258 valence electrons. The molecule has 10 nitrogen and oxygen atoms in total. The van der Waals surface area contributed by atoms with Crippen molar-refractivity contribution < 1.29 is 28.6 Å². The van der Waals surface area contributed by atoms with Crippen molar-refractivity contribution in [3.63, 3.8) is 0 Å². The Hall–Kier alpha value is -4.99. The minimum absolute atomic E-state index is 0.0578. The van der Waals surface area contributed by atoms with E-state index < -0.39 is 0 Å². The molecule has 49 heavy (non-hydrogen) atoms. The molecule has 3 aromatic rings. The summed E-state index contributed by atoms with van der Waals surface area (Å²) in [5.74, 6) is -0.829. The zero-order chi connectivity index (χ0) is 35.6. The van der Waals surface area contributed by atoms with Crippen molar-refractivity contribution in [1.29, 1.82) is 0 Å². The topological polar surface area (TPSA) is 136 Å². The number of aromatic amines is 2. The summed E-state index contributed by atoms with van der Waals surface area (Å²) in [4.78, 5) is 53.6. The van der Waals surface area contributed by atoms with Crippen molar-refractivity contribution >= 4 is 62.3 Å². The lowest BCUT2D eigenvalue weighted by molar-refractivity contribution is -0.146. The van der Waals surface area contributed by atoms with Gasteiger partial charge in [-0.3, -0.25) is 14.4 Å². The van der Waals surface area contributed by atoms with Crippen LogP contribution in [0.2, 0.25) is 0 Å². The molecule has 2 N–H and O–H groups in total. The van der Waals surface area contributed by atoms with Crippen molar-refractivity contribution in [2.75, 3.05) is 14.2 Å². The van der Waals surface area contributed by atoms with Gasteiger partial charge in [0.25, 0.3) is 0 Å². The predicted octanol–water partition coefficient (Wildman–Crippen LogP) is 8.14. The Morgan fingerprint density at radius 1 is 0.714 bits per heavy atom. The van der Waals surface area contributed by atoms with Gasteiger partial charge in [-0.2, -0.15) is 0 Å². The Morgan fingerprint density at radius 2 is 1.27 bits per heavy atom. The first kappa shape index (κ1) is 35.3. The number of methoxy groups -OCH3 is 2. The zero-order valence-corrected chi connectivity index (χ0v) is 29.9. The fraction of sp³-hybridized carbons (Fsp3) is 0.410. The van der Waals surface area contributed by atoms with Crippen LogP contribution >= 0.6 is 0 Å². The van der Waals surface area contributed by atoms with Crippen LogP contribution < -0.4 is 0 Å². The molecule has 10 heteroatoms. The van der Waals surface area contributed by atoms with Gasteiger partial charge in [0.05, 0.1) is 43.1 Å². The molecule has 0 amide bonds. The first-order valence-corrected chi connectivity index (χ1v) is 16.7. The van der Waals surface area contributed by atoms with Gasteiger partial charge in [-0.1, -0.05) is 6.92 Å². The van der Waals surface area contributed by atoms with Gasteiger partial charge >= 0.3 is 17.9 Å². The molecule has 2 aliphatic rings. The standard InChI is InChI=1S/C39H46N4O6/c1-20-15-27-16-31-25(6)39(21(2)14-22(3)49-26(7)44)36(43-31)18-33-24(5)29(11-13-38(46)48-9)35(42-33)19-34-28(10-12-37(45)47-8)23(4)32(41-34)17-30(20)40-27/h15-19,21-22,40,43H,10-14H2,1-9H3. The van der Waals surface area contributed by atoms with Crippen LogP contribution in [0.25, 0.3) is 44.4 Å². The molecule has 3 aromatic heterocycles. The third kappa shape index (κ3) is 7.69. The Balaban J connectivity index is 1.82. The SMILES string of the molecule is COC(=O)CCC1=C(C)c2cc3[nH]c(cc3C)cc3[nH]c(cc4nc(cc1n2)C(CCC(=O)OC)=C4C)c(C(C)CC(C)OC(C)=O)c3C. The number of carbonyl (C=O) groups is 3. The van der Waals surface area contributed by atoms with Crippen LogP contribution in [0.3, 0.4) is 0 Å². The van der Waals surface area contributed by atoms with E-state index in [0.29, 0.717) is 19.3 Å². The summed E-state index contributed by atoms with van der Waals surface area (Å²) in [6.45, 7) is 13.7. The Kier molecular flexibility index (Phi) is 10.6. The highest BCUT2D eigenvalue weighted by atomic mass is 16.5. The van der Waals surface area contributed by atoms with Gasteiger partial charge in [-0.25, -0.2) is 9.97 Å². The minimum Gasteiger partial charge on any atom is -0.469 e. The zero-order valence-electron chi connectivity index (χ0n) is 29.9. The number of hydrogen-bond acceptors (Lipinski definition) is 8. The third-order valence-electron chi connectivity index (χ3n) is 9.51. The number of aryl methyl sites for hydroxylation is 2. The van der Waals surface area contributed by atoms with Crippen LogP contribution in [-0.4, -0.2) is 58.2 Å². The lowest BCUT2D eigenvalue weighted by Gasteiger charge is -2.18. The summed E-state index contributed by atoms with van der Waals surface area (Å²) in [5, 5.41) is 0. The van der Waals surface area contributed by atoms with Gasteiger partial charge in [0.2, 0.25) is 0 Å². The van der Waals surface area contributed by atoms with Crippen LogP contribution in [0.15, 0.2) is 30.3 Å². The van der Waals surface area contributed by atoms with Crippen molar-refractivity contribution in [2.45, 2.75) is 92.6 Å². The third-order valence-corrected chi connectivity index (χ3v) is 9.51. The smallest absolute Gasteiger partial charge is 0.305 e. The van der Waals surface area contributed by atoms with Gasteiger partial charge in [-0.05, 0) is 129 Å². The normalized spacial score (nSPS) is 14.1. The molecule has 0 saturated heterocycles. The molecule has 5 rings (SSSR count). The van der Waals surface area contributed by atoms with E-state index in [1.807, 2.05) is 32.9 Å². The summed E-state index contributed by atoms with van der Waals surface area (Å²) in [5.41, 5.74) is 13.9. The highest BCUT2D eigenvalue weighted by molar-refractivity contribution is 5.96. The van der Waals surface area contributed by atoms with Gasteiger partial charge in [0.1, 0.15) is 0 Å². The quantitative estimate of drug-likeness (QED) is 0.163. The van der Waals surface area contributed by atoms with Gasteiger partial charge in [0.15, 0.2) is 0 Å². The first-order valence-electron chi connectivity index (χ1n) is 16.7. The Morgan fingerprint density at radius 3 is 1.80 bits per heavy atom. The van der Waals surface area contributed by atoms with Crippen molar-refractivity contribution in [3.05, 3.63) is 69.8 Å². The molecule has 2 atom stereocenters. The number of ether oxygens (including phenoxy) is 3. The van der Waals surface area contributed by atoms with Crippen molar-refractivity contribution in [1.82, 2.24) is 19.9 Å². The minimum atomic E-state index is -0.299. The molecule has 2 unspecified atom stereocenters. The summed E-state index contributed by atoms with van der Waals surface area (Å²) in [6, 6.07) is 10.3. The summed E-state index contributed by atoms with van der Waals surface area (Å²) >= 11 is 0. The van der Waals surface area contributed by atoms with Gasteiger partial charge < -0.3 is 24.2 Å². The average molecular weight is 667 g/mol. The highest BCUT2D eigenvalue weighted by Gasteiger charge is 2.24. The number of hydrogen-bond donors (Lipinski definition) is 2. The highest BCUT2D eigenvalue weighted by Crippen LogP contribution is 2.39. The Bertz CT molecular complexity index is 2050. The summed E-state index contributed by atoms with van der Waals surface area (Å²) in [6.07, 6.45) is 1.72. The van der Waals surface area contributed by atoms with Gasteiger partial charge in [0, 0.05) is 41.8 Å². The molecule has 8 bridgehead atoms. The fourth-order valence-corrected chi connectivity index (χ4v) is 6.95. The number of fused-ring (bicyclic) bond motifs is 8. The van der Waals surface area contributed by atoms with E-state index in [1.165, 1.54) is 21.1 Å². The molecule has 0 spiro atoms. The number of rotatable bonds is 10. The molecule has 2 aliphatic heterocycles. The van der Waals surface area contributed by atoms with E-state index >= 15 is 0 Å². The predicted molar refractivity (Wildman–Crippen MR) is 192 cm³/mol. The van der Waals surface area contributed by atoms with Crippen LogP contribution in [0, 0.1) is 13.8 Å². The number of nitrogens with one attached hydrogen (secondary N) is 2. The largest absolute Gasteiger partial charge is 0.469 e. The Labute approximate surface area is 287 Å². The average Bonchev–Trinajstić information content (AvgIpc) is 3.72. The maximum Gasteiger partial charge on any atom is 0.305 e. The maximum atomic E-state index is 12.3. The second-order valence-electron chi connectivity index (χ2n) is 13.1. The fourth-order valence-electron chi connectivity index (χ4n) is 6.95. The molecule has 0 saturated carbocycles. The number of allylic oxidation sites excluding steroid dienone is 4. The van der Waals surface area contributed by atoms with E-state index in [1.54, 1.807) is 0 Å². The maximum absolute atomic E-state index is 12.3. The van der Waals surface area contributed by atoms with Crippen LogP contribution in [0.4, 0.5) is 0 Å². The monoisotopic (exact) mass is 666 g/mol. The molecule has 0 aromatic carbocycles. The van der Waals surface area contributed by atoms with E-state index in [-0.39, 0.29) is 42.8 Å². The lowest BCUT2D eigenvalue weighted by atomic mass is 9.92. The summed E-state index contributed by atoms with van der Waals surface area (Å²) < 4.78 is 15.4. The number of nitrogens with zero attached hydrogens (tertiary/aromatic N) is 2. The number of H-pyrrole nitrogens is 2. The molecule has 0 fully saturated rings. The lowest BCUT2D eigenvalue weighted by Crippen LogP contribution is -2.15. The van der Waals surface area contributed by atoms with Crippen molar-refractivity contribution in [2.24, 2.45) is 0 Å². The van der Waals surface area contributed by atoms with Crippen LogP contribution in [0.5, 0.6) is 0 Å². The number of esters is 3. The molecular formula is C39H46N4O6. The number of carbonyl (C=O) groups excluding carboxylic acids is 3. The molecule has 0 radical (unpaired) electrons. The van der Waals surface area contributed by atoms with E-state index in [9.17, 15) is 14.4 Å². The molecule has 0 aliphatic carbocycles. The number of aromatic nitrogens is 4. The first-order chi connectivity index (χ1) is 23.3. The second-order valence-corrected chi connectivity index (χ2v) is 13.1. The van der Waals surface area contributed by atoms with Crippen LogP contribution in [0.1, 0.15) is 112 Å². The molecular weight excluding hydrogens is 620 g/mol. The summed E-state index contributed by atoms with van der Waals surface area (Å²) in [7, 11) is 2.78. The van der Waals surface area contributed by atoms with Crippen LogP contribution in [-0.2, 0) is 28.6 Å². The molecule has 5 heterocycles. The van der Waals surface area contributed by atoms with E-state index in [0.717, 1.165) is 83.8 Å². The second kappa shape index (κ2) is 14.6. The van der Waals surface area contributed by atoms with E-state index in [2.05, 4.69) is 48.9 Å².